The molecule has 1 rings (SSSR count). The minimum absolute atomic E-state index is 0.234. The van der Waals surface area contributed by atoms with Crippen LogP contribution >= 0.6 is 0 Å². The van der Waals surface area contributed by atoms with Gasteiger partial charge in [-0.15, -0.1) is 0 Å². The van der Waals surface area contributed by atoms with E-state index >= 15 is 0 Å². The fourth-order valence-electron chi connectivity index (χ4n) is 1.75. The Bertz CT molecular complexity index is 178. The average Bonchev–Trinajstić information content (AvgIpc) is 2.17. The molecule has 0 spiro atoms. The van der Waals surface area contributed by atoms with Gasteiger partial charge < -0.3 is 4.74 Å². The molecular formula is C10H16O2. The molecule has 0 saturated heterocycles. The molecule has 0 aromatic carbocycles. The molecule has 0 aromatic rings. The van der Waals surface area contributed by atoms with Crippen molar-refractivity contribution in [3.8, 4) is 0 Å². The zero-order chi connectivity index (χ0) is 8.97. The summed E-state index contributed by atoms with van der Waals surface area (Å²) in [6.45, 7) is 3.77. The lowest BCUT2D eigenvalue weighted by Crippen LogP contribution is -2.16. The monoisotopic (exact) mass is 168 g/mol. The van der Waals surface area contributed by atoms with Gasteiger partial charge in [0, 0.05) is 5.57 Å². The quantitative estimate of drug-likeness (QED) is 0.467. The number of methoxy groups -OCH3 is 1. The minimum Gasteiger partial charge on any atom is -0.466 e. The number of hydrogen-bond donors (Lipinski definition) is 0. The summed E-state index contributed by atoms with van der Waals surface area (Å²) in [5, 5.41) is 0. The van der Waals surface area contributed by atoms with Gasteiger partial charge in [-0.1, -0.05) is 25.8 Å². The first kappa shape index (κ1) is 9.30. The Balaban J connectivity index is 2.45. The van der Waals surface area contributed by atoms with Gasteiger partial charge >= 0.3 is 5.97 Å². The molecule has 0 aromatic heterocycles. The van der Waals surface area contributed by atoms with Gasteiger partial charge in [0.05, 0.1) is 7.11 Å². The summed E-state index contributed by atoms with van der Waals surface area (Å²) in [5.41, 5.74) is 0.664. The van der Waals surface area contributed by atoms with Gasteiger partial charge in [-0.25, -0.2) is 4.79 Å². The molecular weight excluding hydrogens is 152 g/mol. The van der Waals surface area contributed by atoms with Crippen LogP contribution in [0, 0.1) is 5.92 Å². The maximum absolute atomic E-state index is 11.1. The first-order chi connectivity index (χ1) is 5.75. The first-order valence-electron chi connectivity index (χ1n) is 4.53. The molecule has 0 amide bonds. The van der Waals surface area contributed by atoms with Crippen LogP contribution in [0.3, 0.4) is 0 Å². The number of hydrogen-bond acceptors (Lipinski definition) is 2. The van der Waals surface area contributed by atoms with Gasteiger partial charge in [0.2, 0.25) is 0 Å². The Morgan fingerprint density at radius 1 is 1.33 bits per heavy atom. The maximum atomic E-state index is 11.1. The van der Waals surface area contributed by atoms with E-state index in [0.29, 0.717) is 11.5 Å². The van der Waals surface area contributed by atoms with E-state index < -0.39 is 0 Å². The van der Waals surface area contributed by atoms with Crippen LogP contribution in [-0.2, 0) is 9.53 Å². The van der Waals surface area contributed by atoms with E-state index in [1.165, 1.54) is 26.4 Å². The van der Waals surface area contributed by atoms with Crippen LogP contribution in [0.25, 0.3) is 0 Å². The number of carbonyl (C=O) groups excluding carboxylic acids is 1. The first-order valence-corrected chi connectivity index (χ1v) is 4.53. The SMILES string of the molecule is C=C(C(=O)OC)C1CCCCC1. The van der Waals surface area contributed by atoms with Crippen LogP contribution in [0.2, 0.25) is 0 Å². The number of carbonyl (C=O) groups is 1. The van der Waals surface area contributed by atoms with Gasteiger partial charge in [0.1, 0.15) is 0 Å². The zero-order valence-electron chi connectivity index (χ0n) is 7.64. The normalized spacial score (nSPS) is 18.8. The van der Waals surface area contributed by atoms with Crippen LogP contribution in [0.4, 0.5) is 0 Å². The van der Waals surface area contributed by atoms with Crippen molar-refractivity contribution in [2.75, 3.05) is 7.11 Å². The van der Waals surface area contributed by atoms with Crippen LogP contribution in [-0.4, -0.2) is 13.1 Å². The molecule has 68 valence electrons. The predicted octanol–water partition coefficient (Wildman–Crippen LogP) is 2.30. The topological polar surface area (TPSA) is 26.3 Å². The van der Waals surface area contributed by atoms with Crippen LogP contribution < -0.4 is 0 Å². The van der Waals surface area contributed by atoms with Crippen molar-refractivity contribution in [2.45, 2.75) is 32.1 Å². The summed E-state index contributed by atoms with van der Waals surface area (Å²) < 4.78 is 4.63. The lowest BCUT2D eigenvalue weighted by Gasteiger charge is -2.21. The largest absolute Gasteiger partial charge is 0.466 e. The minimum atomic E-state index is -0.234. The smallest absolute Gasteiger partial charge is 0.333 e. The van der Waals surface area contributed by atoms with Crippen LogP contribution in [0.15, 0.2) is 12.2 Å². The van der Waals surface area contributed by atoms with E-state index in [1.807, 2.05) is 0 Å². The molecule has 0 bridgehead atoms. The summed E-state index contributed by atoms with van der Waals surface area (Å²) in [4.78, 5) is 11.1. The van der Waals surface area contributed by atoms with Crippen LogP contribution in [0.5, 0.6) is 0 Å². The Morgan fingerprint density at radius 3 is 2.42 bits per heavy atom. The van der Waals surface area contributed by atoms with E-state index in [0.717, 1.165) is 12.8 Å². The molecule has 0 N–H and O–H groups in total. The van der Waals surface area contributed by atoms with E-state index in [2.05, 4.69) is 11.3 Å². The van der Waals surface area contributed by atoms with E-state index in [-0.39, 0.29) is 5.97 Å². The van der Waals surface area contributed by atoms with E-state index in [9.17, 15) is 4.79 Å². The molecule has 0 radical (unpaired) electrons. The molecule has 0 aliphatic heterocycles. The third-order valence-corrected chi connectivity index (χ3v) is 2.55. The third-order valence-electron chi connectivity index (χ3n) is 2.55. The second-order valence-electron chi connectivity index (χ2n) is 3.35. The Kier molecular flexibility index (Phi) is 3.32. The lowest BCUT2D eigenvalue weighted by atomic mass is 9.84. The summed E-state index contributed by atoms with van der Waals surface area (Å²) in [6.07, 6.45) is 5.95. The highest BCUT2D eigenvalue weighted by molar-refractivity contribution is 5.88. The fraction of sp³-hybridized carbons (Fsp3) is 0.700. The van der Waals surface area contributed by atoms with Gasteiger partial charge in [0.25, 0.3) is 0 Å². The molecule has 2 nitrogen and oxygen atoms in total. The van der Waals surface area contributed by atoms with Crippen molar-refractivity contribution >= 4 is 5.97 Å². The molecule has 1 aliphatic rings. The number of ether oxygens (including phenoxy) is 1. The molecule has 0 unspecified atom stereocenters. The third kappa shape index (κ3) is 2.10. The van der Waals surface area contributed by atoms with Gasteiger partial charge in [-0.05, 0) is 18.8 Å². The van der Waals surface area contributed by atoms with Crippen LogP contribution in [0.1, 0.15) is 32.1 Å². The van der Waals surface area contributed by atoms with Crippen molar-refractivity contribution < 1.29 is 9.53 Å². The molecule has 1 saturated carbocycles. The molecule has 12 heavy (non-hydrogen) atoms. The highest BCUT2D eigenvalue weighted by Crippen LogP contribution is 2.29. The summed E-state index contributed by atoms with van der Waals surface area (Å²) in [5.74, 6) is 0.146. The van der Waals surface area contributed by atoms with Crippen molar-refractivity contribution in [3.63, 3.8) is 0 Å². The second kappa shape index (κ2) is 4.29. The van der Waals surface area contributed by atoms with Crippen molar-refractivity contribution in [1.29, 1.82) is 0 Å². The van der Waals surface area contributed by atoms with Crippen molar-refractivity contribution in [3.05, 3.63) is 12.2 Å². The zero-order valence-corrected chi connectivity index (χ0v) is 7.64. The van der Waals surface area contributed by atoms with E-state index in [1.54, 1.807) is 0 Å². The molecule has 1 aliphatic carbocycles. The standard InChI is InChI=1S/C10H16O2/c1-8(10(11)12-2)9-6-4-3-5-7-9/h9H,1,3-7H2,2H3. The maximum Gasteiger partial charge on any atom is 0.333 e. The Labute approximate surface area is 73.6 Å². The lowest BCUT2D eigenvalue weighted by molar-refractivity contribution is -0.136. The second-order valence-corrected chi connectivity index (χ2v) is 3.35. The number of esters is 1. The van der Waals surface area contributed by atoms with E-state index in [4.69, 9.17) is 0 Å². The summed E-state index contributed by atoms with van der Waals surface area (Å²) in [6, 6.07) is 0. The number of rotatable bonds is 2. The molecule has 0 atom stereocenters. The Morgan fingerprint density at radius 2 is 1.92 bits per heavy atom. The van der Waals surface area contributed by atoms with Crippen molar-refractivity contribution in [1.82, 2.24) is 0 Å². The summed E-state index contributed by atoms with van der Waals surface area (Å²) in [7, 11) is 1.41. The highest BCUT2D eigenvalue weighted by Gasteiger charge is 2.21. The average molecular weight is 168 g/mol. The molecule has 2 heteroatoms. The molecule has 0 heterocycles. The summed E-state index contributed by atoms with van der Waals surface area (Å²) >= 11 is 0. The van der Waals surface area contributed by atoms with Gasteiger partial charge in [-0.2, -0.15) is 0 Å². The Hall–Kier alpha value is -0.790. The molecule has 1 fully saturated rings. The predicted molar refractivity (Wildman–Crippen MR) is 47.7 cm³/mol. The highest BCUT2D eigenvalue weighted by atomic mass is 16.5. The van der Waals surface area contributed by atoms with Gasteiger partial charge in [-0.3, -0.25) is 0 Å². The van der Waals surface area contributed by atoms with Crippen molar-refractivity contribution in [2.24, 2.45) is 5.92 Å². The van der Waals surface area contributed by atoms with Gasteiger partial charge in [0.15, 0.2) is 0 Å². The fourth-order valence-corrected chi connectivity index (χ4v) is 1.75.